The molecule has 0 aliphatic heterocycles. The van der Waals surface area contributed by atoms with E-state index in [2.05, 4.69) is 0 Å². The van der Waals surface area contributed by atoms with Gasteiger partial charge in [0.05, 0.1) is 0 Å². The van der Waals surface area contributed by atoms with Crippen LogP contribution in [-0.2, 0) is 9.59 Å². The van der Waals surface area contributed by atoms with Crippen LogP contribution in [0.25, 0.3) is 5.57 Å². The molecule has 22 heavy (non-hydrogen) atoms. The molecule has 0 radical (unpaired) electrons. The average Bonchev–Trinajstić information content (AvgIpc) is 2.38. The number of carbonyl (C=O) groups is 2. The molecule has 2 N–H and O–H groups in total. The van der Waals surface area contributed by atoms with Crippen molar-refractivity contribution in [1.29, 1.82) is 0 Å². The van der Waals surface area contributed by atoms with E-state index in [4.69, 9.17) is 46.4 Å². The molecule has 0 bridgehead atoms. The minimum atomic E-state index is -2.32. The van der Waals surface area contributed by atoms with Crippen LogP contribution < -0.4 is 0 Å². The second-order valence-electron chi connectivity index (χ2n) is 4.63. The van der Waals surface area contributed by atoms with E-state index in [-0.39, 0.29) is 26.2 Å². The molecule has 1 aliphatic rings. The lowest BCUT2D eigenvalue weighted by molar-refractivity contribution is -0.159. The van der Waals surface area contributed by atoms with Crippen molar-refractivity contribution in [2.45, 2.75) is 6.42 Å². The molecule has 0 heterocycles. The van der Waals surface area contributed by atoms with Crippen LogP contribution in [0.2, 0.25) is 10.0 Å². The molecule has 0 saturated heterocycles. The first-order valence-corrected chi connectivity index (χ1v) is 7.40. The summed E-state index contributed by atoms with van der Waals surface area (Å²) >= 11 is 23.9. The Labute approximate surface area is 145 Å². The number of rotatable bonds is 3. The number of carboxylic acid groups (broad SMARTS) is 2. The molecule has 2 rings (SSSR count). The van der Waals surface area contributed by atoms with Gasteiger partial charge in [0, 0.05) is 32.1 Å². The Bertz CT molecular complexity index is 722. The van der Waals surface area contributed by atoms with E-state index in [1.807, 2.05) is 0 Å². The molecule has 1 aliphatic carbocycles. The van der Waals surface area contributed by atoms with E-state index >= 15 is 0 Å². The Hall–Kier alpha value is -1.20. The van der Waals surface area contributed by atoms with Crippen LogP contribution in [0.3, 0.4) is 0 Å². The highest BCUT2D eigenvalue weighted by Crippen LogP contribution is 2.50. The van der Waals surface area contributed by atoms with Gasteiger partial charge >= 0.3 is 11.9 Å². The highest BCUT2D eigenvalue weighted by Gasteiger charge is 2.53. The normalized spacial score (nSPS) is 17.2. The zero-order valence-electron chi connectivity index (χ0n) is 10.7. The van der Waals surface area contributed by atoms with Crippen LogP contribution in [0.5, 0.6) is 0 Å². The van der Waals surface area contributed by atoms with Crippen molar-refractivity contribution in [3.8, 4) is 0 Å². The van der Waals surface area contributed by atoms with Crippen molar-refractivity contribution in [3.05, 3.63) is 49.9 Å². The molecular formula is C14H8Cl4O4. The second kappa shape index (κ2) is 6.13. The number of hydrogen-bond acceptors (Lipinski definition) is 2. The van der Waals surface area contributed by atoms with Gasteiger partial charge in [-0.2, -0.15) is 0 Å². The largest absolute Gasteiger partial charge is 0.480 e. The maximum Gasteiger partial charge on any atom is 0.326 e. The summed E-state index contributed by atoms with van der Waals surface area (Å²) in [6, 6.07) is 4.27. The van der Waals surface area contributed by atoms with E-state index in [9.17, 15) is 19.8 Å². The standard InChI is InChI=1S/C14H8Cl4O4/c15-6-1-2-8(9(17)3-6)11-10(18)4-7(16)5-14(11,12(19)20)13(21)22/h1-4H,5H2,(H,19,20)(H,21,22). The van der Waals surface area contributed by atoms with Crippen molar-refractivity contribution >= 4 is 63.9 Å². The Kier molecular flexibility index (Phi) is 4.78. The zero-order valence-corrected chi connectivity index (χ0v) is 13.8. The zero-order chi connectivity index (χ0) is 16.7. The van der Waals surface area contributed by atoms with E-state index in [0.717, 1.165) is 0 Å². The first kappa shape index (κ1) is 17.2. The summed E-state index contributed by atoms with van der Waals surface area (Å²) in [4.78, 5) is 23.5. The van der Waals surface area contributed by atoms with Gasteiger partial charge in [-0.25, -0.2) is 0 Å². The summed E-state index contributed by atoms with van der Waals surface area (Å²) in [6.45, 7) is 0. The number of allylic oxidation sites excluding steroid dienone is 3. The van der Waals surface area contributed by atoms with Gasteiger partial charge in [0.25, 0.3) is 0 Å². The smallest absolute Gasteiger partial charge is 0.326 e. The van der Waals surface area contributed by atoms with Crippen molar-refractivity contribution in [2.75, 3.05) is 0 Å². The number of carboxylic acids is 2. The third-order valence-electron chi connectivity index (χ3n) is 3.31. The SMILES string of the molecule is O=C(O)C1(C(=O)O)CC(Cl)=CC(Cl)=C1c1ccc(Cl)cc1Cl. The molecular weight excluding hydrogens is 374 g/mol. The van der Waals surface area contributed by atoms with E-state index in [0.29, 0.717) is 5.02 Å². The van der Waals surface area contributed by atoms with Gasteiger partial charge in [0.15, 0.2) is 5.41 Å². The van der Waals surface area contributed by atoms with Gasteiger partial charge in [-0.3, -0.25) is 9.59 Å². The van der Waals surface area contributed by atoms with Crippen molar-refractivity contribution in [1.82, 2.24) is 0 Å². The van der Waals surface area contributed by atoms with E-state index in [1.165, 1.54) is 24.3 Å². The molecule has 4 nitrogen and oxygen atoms in total. The first-order chi connectivity index (χ1) is 10.2. The highest BCUT2D eigenvalue weighted by molar-refractivity contribution is 6.41. The molecule has 0 unspecified atom stereocenters. The number of benzene rings is 1. The molecule has 8 heteroatoms. The van der Waals surface area contributed by atoms with Gasteiger partial charge in [-0.15, -0.1) is 0 Å². The van der Waals surface area contributed by atoms with Crippen LogP contribution in [-0.4, -0.2) is 22.2 Å². The molecule has 0 amide bonds. The fourth-order valence-electron chi connectivity index (χ4n) is 2.31. The van der Waals surface area contributed by atoms with Gasteiger partial charge in [0.1, 0.15) is 0 Å². The number of hydrogen-bond donors (Lipinski definition) is 2. The van der Waals surface area contributed by atoms with Crippen molar-refractivity contribution < 1.29 is 19.8 Å². The van der Waals surface area contributed by atoms with E-state index < -0.39 is 23.8 Å². The Morgan fingerprint density at radius 1 is 1.05 bits per heavy atom. The Morgan fingerprint density at radius 2 is 1.64 bits per heavy atom. The summed E-state index contributed by atoms with van der Waals surface area (Å²) in [5, 5.41) is 19.4. The highest BCUT2D eigenvalue weighted by atomic mass is 35.5. The maximum atomic E-state index is 11.7. The van der Waals surface area contributed by atoms with Gasteiger partial charge < -0.3 is 10.2 Å². The molecule has 0 fully saturated rings. The summed E-state index contributed by atoms with van der Waals surface area (Å²) in [5.74, 6) is -3.16. The minimum Gasteiger partial charge on any atom is -0.480 e. The second-order valence-corrected chi connectivity index (χ2v) is 6.37. The van der Waals surface area contributed by atoms with Crippen LogP contribution >= 0.6 is 46.4 Å². The Morgan fingerprint density at radius 3 is 2.14 bits per heavy atom. The van der Waals surface area contributed by atoms with Crippen LogP contribution in [0.15, 0.2) is 34.3 Å². The summed E-state index contributed by atoms with van der Waals surface area (Å²) < 4.78 is 0. The molecule has 0 atom stereocenters. The summed E-state index contributed by atoms with van der Waals surface area (Å²) in [7, 11) is 0. The van der Waals surface area contributed by atoms with Gasteiger partial charge in [-0.05, 0) is 23.8 Å². The third kappa shape index (κ3) is 2.72. The lowest BCUT2D eigenvalue weighted by atomic mass is 9.71. The van der Waals surface area contributed by atoms with Crippen molar-refractivity contribution in [2.24, 2.45) is 5.41 Å². The molecule has 0 saturated carbocycles. The predicted molar refractivity (Wildman–Crippen MR) is 85.5 cm³/mol. The predicted octanol–water partition coefficient (Wildman–Crippen LogP) is 4.63. The topological polar surface area (TPSA) is 74.6 Å². The minimum absolute atomic E-state index is 0.0311. The van der Waals surface area contributed by atoms with Crippen LogP contribution in [0.1, 0.15) is 12.0 Å². The molecule has 0 spiro atoms. The Balaban J connectivity index is 2.84. The van der Waals surface area contributed by atoms with Crippen LogP contribution in [0.4, 0.5) is 0 Å². The first-order valence-electron chi connectivity index (χ1n) is 5.88. The summed E-state index contributed by atoms with van der Waals surface area (Å²) in [5.41, 5.74) is -2.26. The molecule has 0 aromatic heterocycles. The summed E-state index contributed by atoms with van der Waals surface area (Å²) in [6.07, 6.45) is 0.886. The quantitative estimate of drug-likeness (QED) is 0.748. The molecule has 116 valence electrons. The molecule has 1 aromatic rings. The maximum absolute atomic E-state index is 11.7. The lowest BCUT2D eigenvalue weighted by Crippen LogP contribution is -2.42. The number of halogens is 4. The van der Waals surface area contributed by atoms with Crippen LogP contribution in [0, 0.1) is 5.41 Å². The third-order valence-corrected chi connectivity index (χ3v) is 4.40. The van der Waals surface area contributed by atoms with Crippen molar-refractivity contribution in [3.63, 3.8) is 0 Å². The fraction of sp³-hybridized carbons (Fsp3) is 0.143. The lowest BCUT2D eigenvalue weighted by Gasteiger charge is -2.32. The van der Waals surface area contributed by atoms with Gasteiger partial charge in [-0.1, -0.05) is 52.5 Å². The average molecular weight is 382 g/mol. The molecule has 1 aromatic carbocycles. The van der Waals surface area contributed by atoms with Gasteiger partial charge in [0.2, 0.25) is 0 Å². The number of aliphatic carboxylic acids is 2. The monoisotopic (exact) mass is 380 g/mol. The fourth-order valence-corrected chi connectivity index (χ4v) is 3.58. The van der Waals surface area contributed by atoms with E-state index in [1.54, 1.807) is 0 Å².